The molecule has 0 radical (unpaired) electrons. The number of nitro groups is 2. The van der Waals surface area contributed by atoms with Gasteiger partial charge in [-0.15, -0.1) is 0 Å². The van der Waals surface area contributed by atoms with Crippen molar-refractivity contribution in [2.45, 2.75) is 6.42 Å². The second kappa shape index (κ2) is 10.3. The van der Waals surface area contributed by atoms with Crippen LogP contribution >= 0.6 is 0 Å². The first-order chi connectivity index (χ1) is 14.3. The maximum Gasteiger partial charge on any atom is 0.307 e. The van der Waals surface area contributed by atoms with Gasteiger partial charge >= 0.3 is 11.7 Å². The van der Waals surface area contributed by atoms with E-state index in [0.29, 0.717) is 16.9 Å². The molecule has 30 heavy (non-hydrogen) atoms. The Labute approximate surface area is 169 Å². The van der Waals surface area contributed by atoms with Crippen molar-refractivity contribution < 1.29 is 24.1 Å². The molecule has 0 aliphatic rings. The van der Waals surface area contributed by atoms with E-state index in [9.17, 15) is 29.4 Å². The average Bonchev–Trinajstić information content (AvgIpc) is 2.70. The molecule has 0 heterocycles. The highest BCUT2D eigenvalue weighted by atomic mass is 19.1. The van der Waals surface area contributed by atoms with Crippen LogP contribution in [-0.4, -0.2) is 20.9 Å². The van der Waals surface area contributed by atoms with Crippen LogP contribution in [0.4, 0.5) is 27.1 Å². The smallest absolute Gasteiger partial charge is 0.307 e. The number of carboxylic acid groups (broad SMARTS) is 1. The van der Waals surface area contributed by atoms with Crippen molar-refractivity contribution in [1.82, 2.24) is 0 Å². The zero-order valence-electron chi connectivity index (χ0n) is 15.4. The Kier molecular flexibility index (Phi) is 7.52. The van der Waals surface area contributed by atoms with Crippen LogP contribution in [0.3, 0.4) is 0 Å². The number of hydrogen-bond donors (Lipinski definition) is 2. The second-order valence-electron chi connectivity index (χ2n) is 5.88. The lowest BCUT2D eigenvalue weighted by atomic mass is 10.1. The number of benzene rings is 3. The van der Waals surface area contributed by atoms with Gasteiger partial charge in [-0.3, -0.25) is 25.0 Å². The van der Waals surface area contributed by atoms with Crippen molar-refractivity contribution in [2.75, 3.05) is 5.32 Å². The number of nitro benzene ring substituents is 2. The first-order valence-electron chi connectivity index (χ1n) is 8.48. The lowest BCUT2D eigenvalue weighted by molar-refractivity contribution is -0.387. The number of para-hydroxylation sites is 3. The summed E-state index contributed by atoms with van der Waals surface area (Å²) >= 11 is 0. The van der Waals surface area contributed by atoms with Crippen molar-refractivity contribution >= 4 is 28.7 Å². The van der Waals surface area contributed by atoms with Gasteiger partial charge in [0.25, 0.3) is 5.69 Å². The topological polar surface area (TPSA) is 136 Å². The summed E-state index contributed by atoms with van der Waals surface area (Å²) in [6.45, 7) is 0. The quantitative estimate of drug-likeness (QED) is 0.441. The molecule has 0 unspecified atom stereocenters. The van der Waals surface area contributed by atoms with Gasteiger partial charge in [0.05, 0.1) is 16.3 Å². The number of nitrogens with zero attached hydrogens (tertiary/aromatic N) is 2. The van der Waals surface area contributed by atoms with Gasteiger partial charge in [0.15, 0.2) is 0 Å². The molecular formula is C20H16FN3O6. The zero-order valence-corrected chi connectivity index (χ0v) is 15.4. The molecule has 3 aromatic carbocycles. The third-order valence-corrected chi connectivity index (χ3v) is 3.74. The fourth-order valence-electron chi connectivity index (χ4n) is 2.37. The first-order valence-corrected chi connectivity index (χ1v) is 8.48. The van der Waals surface area contributed by atoms with Gasteiger partial charge in [0.2, 0.25) is 5.82 Å². The number of carboxylic acids is 1. The Bertz CT molecular complexity index is 1060. The summed E-state index contributed by atoms with van der Waals surface area (Å²) in [5, 5.41) is 32.5. The number of carbonyl (C=O) groups is 1. The van der Waals surface area contributed by atoms with E-state index in [2.05, 4.69) is 5.32 Å². The molecule has 0 saturated heterocycles. The highest BCUT2D eigenvalue weighted by molar-refractivity contribution is 5.72. The molecular weight excluding hydrogens is 397 g/mol. The molecule has 3 aromatic rings. The molecule has 0 bridgehead atoms. The van der Waals surface area contributed by atoms with Crippen molar-refractivity contribution in [1.29, 1.82) is 0 Å². The maximum absolute atomic E-state index is 12.4. The Balaban J connectivity index is 0.000000269. The molecule has 10 heteroatoms. The highest BCUT2D eigenvalue weighted by Gasteiger charge is 2.12. The molecule has 0 aromatic heterocycles. The highest BCUT2D eigenvalue weighted by Crippen LogP contribution is 2.27. The molecule has 0 amide bonds. The summed E-state index contributed by atoms with van der Waals surface area (Å²) < 4.78 is 12.4. The van der Waals surface area contributed by atoms with Crippen LogP contribution < -0.4 is 5.32 Å². The summed E-state index contributed by atoms with van der Waals surface area (Å²) in [5.41, 5.74) is 1.23. The maximum atomic E-state index is 12.4. The third-order valence-electron chi connectivity index (χ3n) is 3.74. The Morgan fingerprint density at radius 1 is 0.867 bits per heavy atom. The van der Waals surface area contributed by atoms with Gasteiger partial charge in [-0.25, -0.2) is 0 Å². The summed E-state index contributed by atoms with van der Waals surface area (Å²) in [5.74, 6) is -1.70. The molecule has 0 aliphatic carbocycles. The Morgan fingerprint density at radius 3 is 1.90 bits per heavy atom. The Morgan fingerprint density at radius 2 is 1.40 bits per heavy atom. The van der Waals surface area contributed by atoms with Crippen molar-refractivity contribution in [3.05, 3.63) is 104 Å². The fourth-order valence-corrected chi connectivity index (χ4v) is 2.37. The standard InChI is InChI=1S/C14H12N2O4.C6H4FNO2/c17-14(18)9-10-5-7-11(8-6-10)15-12-3-1-2-4-13(12)16(19)20;7-5-3-1-2-4-6(5)8(9)10/h1-8,15H,9H2,(H,17,18);1-4H. The number of hydrogen-bond acceptors (Lipinski definition) is 6. The van der Waals surface area contributed by atoms with Crippen LogP contribution in [0.5, 0.6) is 0 Å². The monoisotopic (exact) mass is 413 g/mol. The van der Waals surface area contributed by atoms with E-state index in [-0.39, 0.29) is 12.1 Å². The number of halogens is 1. The predicted molar refractivity (Wildman–Crippen MR) is 107 cm³/mol. The molecule has 154 valence electrons. The molecule has 0 saturated carbocycles. The van der Waals surface area contributed by atoms with E-state index in [0.717, 1.165) is 12.1 Å². The van der Waals surface area contributed by atoms with Crippen LogP contribution in [0.25, 0.3) is 0 Å². The average molecular weight is 413 g/mol. The summed E-state index contributed by atoms with van der Waals surface area (Å²) in [6, 6.07) is 18.1. The van der Waals surface area contributed by atoms with Gasteiger partial charge in [0, 0.05) is 17.8 Å². The van der Waals surface area contributed by atoms with Crippen molar-refractivity contribution in [3.63, 3.8) is 0 Å². The summed E-state index contributed by atoms with van der Waals surface area (Å²) in [7, 11) is 0. The molecule has 3 rings (SSSR count). The van der Waals surface area contributed by atoms with Crippen LogP contribution in [-0.2, 0) is 11.2 Å². The molecule has 0 aliphatic heterocycles. The second-order valence-corrected chi connectivity index (χ2v) is 5.88. The first kappa shape index (κ1) is 22.0. The molecule has 2 N–H and O–H groups in total. The van der Waals surface area contributed by atoms with Crippen LogP contribution in [0, 0.1) is 26.0 Å². The summed E-state index contributed by atoms with van der Waals surface area (Å²) in [6.07, 6.45) is -0.0498. The lowest BCUT2D eigenvalue weighted by Gasteiger charge is -2.07. The van der Waals surface area contributed by atoms with E-state index < -0.39 is 27.3 Å². The van der Waals surface area contributed by atoms with Crippen LogP contribution in [0.2, 0.25) is 0 Å². The normalized spacial score (nSPS) is 9.77. The minimum absolute atomic E-state index is 0.0119. The van der Waals surface area contributed by atoms with E-state index in [1.54, 1.807) is 42.5 Å². The SMILES string of the molecule is O=C(O)Cc1ccc(Nc2ccccc2[N+](=O)[O-])cc1.O=[N+]([O-])c1ccccc1F. The van der Waals surface area contributed by atoms with Gasteiger partial charge in [-0.05, 0) is 29.8 Å². The van der Waals surface area contributed by atoms with Crippen LogP contribution in [0.15, 0.2) is 72.8 Å². The minimum atomic E-state index is -0.899. The van der Waals surface area contributed by atoms with Crippen molar-refractivity contribution in [3.8, 4) is 0 Å². The lowest BCUT2D eigenvalue weighted by Crippen LogP contribution is -2.00. The number of nitrogens with one attached hydrogen (secondary N) is 1. The number of rotatable bonds is 6. The van der Waals surface area contributed by atoms with E-state index in [1.165, 1.54) is 18.2 Å². The predicted octanol–water partition coefficient (Wildman–Crippen LogP) is 4.70. The molecule has 0 spiro atoms. The third kappa shape index (κ3) is 6.37. The van der Waals surface area contributed by atoms with Gasteiger partial charge in [0.1, 0.15) is 5.69 Å². The molecule has 0 fully saturated rings. The van der Waals surface area contributed by atoms with Gasteiger partial charge < -0.3 is 10.4 Å². The van der Waals surface area contributed by atoms with Gasteiger partial charge in [-0.1, -0.05) is 36.4 Å². The minimum Gasteiger partial charge on any atom is -0.481 e. The Hall–Kier alpha value is -4.34. The van der Waals surface area contributed by atoms with Crippen molar-refractivity contribution in [2.24, 2.45) is 0 Å². The largest absolute Gasteiger partial charge is 0.481 e. The van der Waals surface area contributed by atoms with Crippen LogP contribution in [0.1, 0.15) is 5.56 Å². The number of aliphatic carboxylic acids is 1. The van der Waals surface area contributed by atoms with E-state index in [4.69, 9.17) is 5.11 Å². The zero-order chi connectivity index (χ0) is 22.1. The summed E-state index contributed by atoms with van der Waals surface area (Å²) in [4.78, 5) is 30.2. The molecule has 9 nitrogen and oxygen atoms in total. The fraction of sp³-hybridized carbons (Fsp3) is 0.0500. The van der Waals surface area contributed by atoms with E-state index in [1.807, 2.05) is 0 Å². The molecule has 0 atom stereocenters. The number of anilines is 2. The van der Waals surface area contributed by atoms with Gasteiger partial charge in [-0.2, -0.15) is 4.39 Å². The van der Waals surface area contributed by atoms with E-state index >= 15 is 0 Å².